The van der Waals surface area contributed by atoms with Gasteiger partial charge in [0.25, 0.3) is 0 Å². The number of benzene rings is 2. The van der Waals surface area contributed by atoms with Crippen LogP contribution in [-0.4, -0.2) is 7.05 Å². The van der Waals surface area contributed by atoms with Gasteiger partial charge < -0.3 is 10.1 Å². The molecular formula is C15H15BrFNO. The number of nitrogens with one attached hydrogen (secondary N) is 1. The highest BCUT2D eigenvalue weighted by molar-refractivity contribution is 9.10. The second-order valence-corrected chi connectivity index (χ2v) is 5.09. The summed E-state index contributed by atoms with van der Waals surface area (Å²) in [6.07, 6.45) is 0. The summed E-state index contributed by atoms with van der Waals surface area (Å²) in [5, 5.41) is 3.00. The van der Waals surface area contributed by atoms with Crippen LogP contribution in [0.15, 0.2) is 46.9 Å². The number of halogens is 2. The molecule has 0 saturated carbocycles. The van der Waals surface area contributed by atoms with Crippen LogP contribution in [0.1, 0.15) is 11.1 Å². The lowest BCUT2D eigenvalue weighted by atomic mass is 10.2. The minimum Gasteiger partial charge on any atom is -0.485 e. The summed E-state index contributed by atoms with van der Waals surface area (Å²) in [5.74, 6) is -0.00960. The molecule has 2 aromatic rings. The van der Waals surface area contributed by atoms with Crippen LogP contribution in [0.2, 0.25) is 0 Å². The molecule has 0 unspecified atom stereocenters. The highest BCUT2D eigenvalue weighted by atomic mass is 79.9. The molecule has 0 aliphatic rings. The van der Waals surface area contributed by atoms with Crippen LogP contribution >= 0.6 is 15.9 Å². The molecule has 2 rings (SSSR count). The average Bonchev–Trinajstić information content (AvgIpc) is 2.40. The predicted molar refractivity (Wildman–Crippen MR) is 77.6 cm³/mol. The number of hydrogen-bond acceptors (Lipinski definition) is 2. The van der Waals surface area contributed by atoms with E-state index in [0.29, 0.717) is 18.9 Å². The standard InChI is InChI=1S/C15H15BrFNO/c1-18-9-12-3-2-4-14(17)15(12)19-10-11-5-7-13(16)8-6-11/h2-8,18H,9-10H2,1H3. The first-order valence-corrected chi connectivity index (χ1v) is 6.79. The predicted octanol–water partition coefficient (Wildman–Crippen LogP) is 3.89. The number of rotatable bonds is 5. The van der Waals surface area contributed by atoms with E-state index in [1.807, 2.05) is 37.4 Å². The van der Waals surface area contributed by atoms with E-state index in [-0.39, 0.29) is 5.82 Å². The fourth-order valence-corrected chi connectivity index (χ4v) is 2.05. The van der Waals surface area contributed by atoms with Crippen molar-refractivity contribution in [3.05, 3.63) is 63.9 Å². The van der Waals surface area contributed by atoms with Gasteiger partial charge in [-0.15, -0.1) is 0 Å². The number of hydrogen-bond donors (Lipinski definition) is 1. The summed E-state index contributed by atoms with van der Waals surface area (Å²) in [7, 11) is 1.82. The van der Waals surface area contributed by atoms with Crippen LogP contribution in [-0.2, 0) is 13.2 Å². The van der Waals surface area contributed by atoms with Crippen molar-refractivity contribution in [2.45, 2.75) is 13.2 Å². The zero-order valence-corrected chi connectivity index (χ0v) is 12.2. The van der Waals surface area contributed by atoms with Gasteiger partial charge in [-0.2, -0.15) is 0 Å². The molecule has 0 fully saturated rings. The van der Waals surface area contributed by atoms with Crippen molar-refractivity contribution < 1.29 is 9.13 Å². The van der Waals surface area contributed by atoms with Crippen molar-refractivity contribution in [1.29, 1.82) is 0 Å². The molecule has 19 heavy (non-hydrogen) atoms. The van der Waals surface area contributed by atoms with Crippen LogP contribution in [0.3, 0.4) is 0 Å². The monoisotopic (exact) mass is 323 g/mol. The van der Waals surface area contributed by atoms with E-state index in [1.54, 1.807) is 6.07 Å². The van der Waals surface area contributed by atoms with E-state index in [9.17, 15) is 4.39 Å². The highest BCUT2D eigenvalue weighted by Gasteiger charge is 2.09. The molecule has 2 nitrogen and oxygen atoms in total. The van der Waals surface area contributed by atoms with E-state index in [4.69, 9.17) is 4.74 Å². The van der Waals surface area contributed by atoms with Gasteiger partial charge in [0.15, 0.2) is 11.6 Å². The summed E-state index contributed by atoms with van der Waals surface area (Å²) in [5.41, 5.74) is 1.82. The quantitative estimate of drug-likeness (QED) is 0.901. The van der Waals surface area contributed by atoms with E-state index in [0.717, 1.165) is 15.6 Å². The Morgan fingerprint density at radius 3 is 2.58 bits per heavy atom. The molecule has 0 amide bonds. The van der Waals surface area contributed by atoms with Crippen molar-refractivity contribution >= 4 is 15.9 Å². The first-order valence-electron chi connectivity index (χ1n) is 6.00. The Balaban J connectivity index is 2.12. The van der Waals surface area contributed by atoms with Gasteiger partial charge in [-0.25, -0.2) is 4.39 Å². The fraction of sp³-hybridized carbons (Fsp3) is 0.200. The lowest BCUT2D eigenvalue weighted by Gasteiger charge is -2.12. The van der Waals surface area contributed by atoms with Gasteiger partial charge in [0.1, 0.15) is 6.61 Å². The summed E-state index contributed by atoms with van der Waals surface area (Å²) in [6, 6.07) is 12.7. The van der Waals surface area contributed by atoms with Gasteiger partial charge in [-0.3, -0.25) is 0 Å². The molecular weight excluding hydrogens is 309 g/mol. The second-order valence-electron chi connectivity index (χ2n) is 4.17. The first kappa shape index (κ1) is 14.0. The lowest BCUT2D eigenvalue weighted by Crippen LogP contribution is -2.08. The van der Waals surface area contributed by atoms with Gasteiger partial charge in [0.05, 0.1) is 0 Å². The minimum atomic E-state index is -0.329. The van der Waals surface area contributed by atoms with Crippen molar-refractivity contribution in [2.75, 3.05) is 7.05 Å². The fourth-order valence-electron chi connectivity index (χ4n) is 1.78. The average molecular weight is 324 g/mol. The van der Waals surface area contributed by atoms with Gasteiger partial charge in [0, 0.05) is 16.6 Å². The van der Waals surface area contributed by atoms with Crippen LogP contribution in [0.5, 0.6) is 5.75 Å². The Morgan fingerprint density at radius 1 is 1.16 bits per heavy atom. The van der Waals surface area contributed by atoms with Crippen LogP contribution < -0.4 is 10.1 Å². The Hall–Kier alpha value is -1.39. The summed E-state index contributed by atoms with van der Waals surface area (Å²) >= 11 is 3.38. The maximum absolute atomic E-state index is 13.8. The molecule has 0 saturated heterocycles. The van der Waals surface area contributed by atoms with E-state index in [2.05, 4.69) is 21.2 Å². The van der Waals surface area contributed by atoms with Gasteiger partial charge >= 0.3 is 0 Å². The molecule has 0 heterocycles. The zero-order chi connectivity index (χ0) is 13.7. The molecule has 0 radical (unpaired) electrons. The van der Waals surface area contributed by atoms with Crippen LogP contribution in [0.25, 0.3) is 0 Å². The molecule has 1 N–H and O–H groups in total. The Morgan fingerprint density at radius 2 is 1.89 bits per heavy atom. The molecule has 0 bridgehead atoms. The largest absolute Gasteiger partial charge is 0.485 e. The van der Waals surface area contributed by atoms with E-state index < -0.39 is 0 Å². The molecule has 100 valence electrons. The molecule has 0 aliphatic carbocycles. The van der Waals surface area contributed by atoms with Crippen LogP contribution in [0, 0.1) is 5.82 Å². The van der Waals surface area contributed by atoms with Crippen molar-refractivity contribution in [1.82, 2.24) is 5.32 Å². The molecule has 0 atom stereocenters. The smallest absolute Gasteiger partial charge is 0.165 e. The molecule has 0 spiro atoms. The number of ether oxygens (including phenoxy) is 1. The maximum atomic E-state index is 13.8. The minimum absolute atomic E-state index is 0.319. The Bertz CT molecular complexity index is 542. The summed E-state index contributed by atoms with van der Waals surface area (Å²) in [4.78, 5) is 0. The topological polar surface area (TPSA) is 21.3 Å². The SMILES string of the molecule is CNCc1cccc(F)c1OCc1ccc(Br)cc1. The van der Waals surface area contributed by atoms with Crippen molar-refractivity contribution in [3.63, 3.8) is 0 Å². The molecule has 4 heteroatoms. The van der Waals surface area contributed by atoms with Crippen molar-refractivity contribution in [2.24, 2.45) is 0 Å². The van der Waals surface area contributed by atoms with E-state index in [1.165, 1.54) is 6.07 Å². The second kappa shape index (κ2) is 6.68. The highest BCUT2D eigenvalue weighted by Crippen LogP contribution is 2.24. The normalized spacial score (nSPS) is 10.5. The molecule has 0 aromatic heterocycles. The van der Waals surface area contributed by atoms with Crippen molar-refractivity contribution in [3.8, 4) is 5.75 Å². The van der Waals surface area contributed by atoms with Gasteiger partial charge in [-0.05, 0) is 30.8 Å². The zero-order valence-electron chi connectivity index (χ0n) is 10.6. The van der Waals surface area contributed by atoms with Gasteiger partial charge in [0.2, 0.25) is 0 Å². The van der Waals surface area contributed by atoms with Gasteiger partial charge in [-0.1, -0.05) is 40.2 Å². The summed E-state index contributed by atoms with van der Waals surface area (Å²) < 4.78 is 20.4. The van der Waals surface area contributed by atoms with Crippen LogP contribution in [0.4, 0.5) is 4.39 Å². The third-order valence-corrected chi connectivity index (χ3v) is 3.24. The molecule has 2 aromatic carbocycles. The third kappa shape index (κ3) is 3.78. The Labute approximate surface area is 120 Å². The van der Waals surface area contributed by atoms with E-state index >= 15 is 0 Å². The molecule has 0 aliphatic heterocycles. The third-order valence-electron chi connectivity index (χ3n) is 2.71. The number of para-hydroxylation sites is 1. The first-order chi connectivity index (χ1) is 9.20. The summed E-state index contributed by atoms with van der Waals surface area (Å²) in [6.45, 7) is 0.929. The Kier molecular flexibility index (Phi) is 4.93. The lowest BCUT2D eigenvalue weighted by molar-refractivity contribution is 0.286. The maximum Gasteiger partial charge on any atom is 0.165 e.